The number of ether oxygens (including phenoxy) is 1. The molecule has 1 saturated heterocycles. The summed E-state index contributed by atoms with van der Waals surface area (Å²) in [6.45, 7) is 11.2. The molecule has 1 aliphatic rings. The summed E-state index contributed by atoms with van der Waals surface area (Å²) in [4.78, 5) is 21.1. The average molecular weight is 369 g/mol. The Bertz CT molecular complexity index is 527. The number of amides is 2. The molecule has 0 bridgehead atoms. The topological polar surface area (TPSA) is 57.7 Å². The Morgan fingerprint density at radius 3 is 2.64 bits per heavy atom. The summed E-state index contributed by atoms with van der Waals surface area (Å²) in [5.74, 6) is 0.588. The predicted octanol–water partition coefficient (Wildman–Crippen LogP) is 2.73. The van der Waals surface area contributed by atoms with Gasteiger partial charge in [-0.3, -0.25) is 4.90 Å². The van der Waals surface area contributed by atoms with Crippen molar-refractivity contribution < 1.29 is 9.53 Å². The molecule has 0 saturated carbocycles. The Morgan fingerprint density at radius 1 is 1.40 bits per heavy atom. The highest BCUT2D eigenvalue weighted by Gasteiger charge is 2.27. The van der Waals surface area contributed by atoms with Gasteiger partial charge >= 0.3 is 6.03 Å². The summed E-state index contributed by atoms with van der Waals surface area (Å²) in [6.07, 6.45) is 2.25. The Hall–Kier alpha value is -1.18. The lowest BCUT2D eigenvalue weighted by molar-refractivity contribution is 0.00215. The van der Waals surface area contributed by atoms with Gasteiger partial charge in [-0.1, -0.05) is 26.7 Å². The number of thiazole rings is 1. The third kappa shape index (κ3) is 5.94. The quantitative estimate of drug-likeness (QED) is 0.766. The number of carbonyl (C=O) groups excluding carboxylic acids is 1. The first-order valence-corrected chi connectivity index (χ1v) is 10.1. The summed E-state index contributed by atoms with van der Waals surface area (Å²) >= 11 is 1.62. The monoisotopic (exact) mass is 368 g/mol. The second-order valence-electron chi connectivity index (χ2n) is 6.69. The molecule has 2 heterocycles. The molecule has 0 aliphatic carbocycles. The molecule has 25 heavy (non-hydrogen) atoms. The van der Waals surface area contributed by atoms with Gasteiger partial charge in [0.25, 0.3) is 0 Å². The number of nitrogens with one attached hydrogen (secondary N) is 1. The van der Waals surface area contributed by atoms with E-state index in [1.165, 1.54) is 0 Å². The molecular weight excluding hydrogens is 336 g/mol. The van der Waals surface area contributed by atoms with Crippen molar-refractivity contribution in [1.82, 2.24) is 20.1 Å². The van der Waals surface area contributed by atoms with Crippen molar-refractivity contribution in [2.75, 3.05) is 39.9 Å². The maximum atomic E-state index is 12.5. The van der Waals surface area contributed by atoms with Crippen LogP contribution in [0.15, 0.2) is 5.38 Å². The first-order chi connectivity index (χ1) is 12.0. The lowest BCUT2D eigenvalue weighted by Crippen LogP contribution is -2.53. The Morgan fingerprint density at radius 2 is 2.08 bits per heavy atom. The molecule has 1 unspecified atom stereocenters. The third-order valence-electron chi connectivity index (χ3n) is 4.98. The van der Waals surface area contributed by atoms with E-state index in [4.69, 9.17) is 4.74 Å². The van der Waals surface area contributed by atoms with Gasteiger partial charge in [0.2, 0.25) is 0 Å². The smallest absolute Gasteiger partial charge is 0.317 e. The molecule has 0 aromatic carbocycles. The zero-order valence-corrected chi connectivity index (χ0v) is 16.8. The van der Waals surface area contributed by atoms with Crippen molar-refractivity contribution in [3.05, 3.63) is 16.1 Å². The van der Waals surface area contributed by atoms with Gasteiger partial charge in [0.1, 0.15) is 0 Å². The van der Waals surface area contributed by atoms with Gasteiger partial charge in [-0.05, 0) is 12.8 Å². The molecular formula is C18H32N4O2S. The molecule has 7 heteroatoms. The van der Waals surface area contributed by atoms with Crippen LogP contribution >= 0.6 is 11.3 Å². The van der Waals surface area contributed by atoms with Gasteiger partial charge in [0, 0.05) is 38.1 Å². The first-order valence-electron chi connectivity index (χ1n) is 9.26. The molecule has 1 aromatic rings. The Labute approximate surface area is 155 Å². The van der Waals surface area contributed by atoms with E-state index >= 15 is 0 Å². The van der Waals surface area contributed by atoms with Gasteiger partial charge in [-0.15, -0.1) is 11.3 Å². The van der Waals surface area contributed by atoms with Gasteiger partial charge < -0.3 is 15.0 Å². The van der Waals surface area contributed by atoms with Crippen molar-refractivity contribution in [1.29, 1.82) is 0 Å². The minimum absolute atomic E-state index is 0.0325. The van der Waals surface area contributed by atoms with E-state index in [-0.39, 0.29) is 6.03 Å². The fraction of sp³-hybridized carbons (Fsp3) is 0.778. The lowest BCUT2D eigenvalue weighted by Gasteiger charge is -2.39. The van der Waals surface area contributed by atoms with E-state index in [1.807, 2.05) is 19.4 Å². The number of urea groups is 1. The highest BCUT2D eigenvalue weighted by Crippen LogP contribution is 2.19. The highest BCUT2D eigenvalue weighted by molar-refractivity contribution is 7.09. The molecule has 6 nitrogen and oxygen atoms in total. The minimum Gasteiger partial charge on any atom is -0.379 e. The lowest BCUT2D eigenvalue weighted by atomic mass is 9.92. The molecule has 1 aromatic heterocycles. The van der Waals surface area contributed by atoms with E-state index in [9.17, 15) is 4.79 Å². The van der Waals surface area contributed by atoms with Crippen molar-refractivity contribution in [2.24, 2.45) is 5.92 Å². The van der Waals surface area contributed by atoms with Crippen LogP contribution in [-0.4, -0.2) is 66.8 Å². The number of hydrogen-bond donors (Lipinski definition) is 1. The molecule has 1 atom stereocenters. The van der Waals surface area contributed by atoms with Gasteiger partial charge in [-0.25, -0.2) is 9.78 Å². The Kier molecular flexibility index (Phi) is 8.12. The number of rotatable bonds is 8. The van der Waals surface area contributed by atoms with Crippen molar-refractivity contribution in [3.63, 3.8) is 0 Å². The van der Waals surface area contributed by atoms with Crippen molar-refractivity contribution in [3.8, 4) is 0 Å². The summed E-state index contributed by atoms with van der Waals surface area (Å²) in [6, 6.07) is 0.340. The predicted molar refractivity (Wildman–Crippen MR) is 102 cm³/mol. The van der Waals surface area contributed by atoms with Crippen LogP contribution in [0.2, 0.25) is 0 Å². The normalized spacial score (nSPS) is 16.8. The first kappa shape index (κ1) is 20.1. The second-order valence-corrected chi connectivity index (χ2v) is 7.75. The molecule has 2 rings (SSSR count). The minimum atomic E-state index is -0.0325. The van der Waals surface area contributed by atoms with Gasteiger partial charge in [-0.2, -0.15) is 0 Å². The summed E-state index contributed by atoms with van der Waals surface area (Å²) in [7, 11) is 1.82. The van der Waals surface area contributed by atoms with Crippen LogP contribution in [0.4, 0.5) is 4.79 Å². The zero-order chi connectivity index (χ0) is 18.2. The van der Waals surface area contributed by atoms with E-state index in [0.29, 0.717) is 25.0 Å². The summed E-state index contributed by atoms with van der Waals surface area (Å²) < 4.78 is 5.49. The number of aromatic nitrogens is 1. The maximum absolute atomic E-state index is 12.5. The number of carbonyl (C=O) groups is 1. The number of morpholine rings is 1. The van der Waals surface area contributed by atoms with Crippen LogP contribution in [-0.2, 0) is 11.3 Å². The van der Waals surface area contributed by atoms with E-state index in [1.54, 1.807) is 16.2 Å². The van der Waals surface area contributed by atoms with Crippen molar-refractivity contribution >= 4 is 17.4 Å². The fourth-order valence-corrected chi connectivity index (χ4v) is 4.06. The van der Waals surface area contributed by atoms with Gasteiger partial charge in [0.05, 0.1) is 30.5 Å². The largest absolute Gasteiger partial charge is 0.379 e. The SMILES string of the molecule is CCC(CC)C(CNC(=O)N(C)Cc1csc(C)n1)N1CCOCC1. The van der Waals surface area contributed by atoms with Crippen LogP contribution in [0.25, 0.3) is 0 Å². The number of nitrogens with zero attached hydrogens (tertiary/aromatic N) is 3. The van der Waals surface area contributed by atoms with Crippen molar-refractivity contribution in [2.45, 2.75) is 46.2 Å². The van der Waals surface area contributed by atoms with Crippen LogP contribution < -0.4 is 5.32 Å². The van der Waals surface area contributed by atoms with E-state index in [0.717, 1.165) is 49.8 Å². The Balaban J connectivity index is 1.90. The molecule has 1 aliphatic heterocycles. The molecule has 2 amide bonds. The zero-order valence-electron chi connectivity index (χ0n) is 16.0. The molecule has 0 radical (unpaired) electrons. The van der Waals surface area contributed by atoms with E-state index < -0.39 is 0 Å². The molecule has 1 N–H and O–H groups in total. The van der Waals surface area contributed by atoms with Gasteiger partial charge in [0.15, 0.2) is 0 Å². The fourth-order valence-electron chi connectivity index (χ4n) is 3.46. The standard InChI is InChI=1S/C18H32N4O2S/c1-5-15(6-2)17(22-7-9-24-10-8-22)11-19-18(23)21(4)12-16-13-25-14(3)20-16/h13,15,17H,5-12H2,1-4H3,(H,19,23). The summed E-state index contributed by atoms with van der Waals surface area (Å²) in [5.41, 5.74) is 0.949. The van der Waals surface area contributed by atoms with Crippen LogP contribution in [0.5, 0.6) is 0 Å². The molecule has 1 fully saturated rings. The number of hydrogen-bond acceptors (Lipinski definition) is 5. The molecule has 0 spiro atoms. The third-order valence-corrected chi connectivity index (χ3v) is 5.80. The average Bonchev–Trinajstić information content (AvgIpc) is 3.03. The van der Waals surface area contributed by atoms with Crippen LogP contribution in [0, 0.1) is 12.8 Å². The molecule has 142 valence electrons. The highest BCUT2D eigenvalue weighted by atomic mass is 32.1. The number of aryl methyl sites for hydroxylation is 1. The maximum Gasteiger partial charge on any atom is 0.317 e. The van der Waals surface area contributed by atoms with Crippen LogP contribution in [0.1, 0.15) is 37.4 Å². The second kappa shape index (κ2) is 10.1. The summed E-state index contributed by atoms with van der Waals surface area (Å²) in [5, 5.41) is 6.18. The van der Waals surface area contributed by atoms with E-state index in [2.05, 4.69) is 29.0 Å². The van der Waals surface area contributed by atoms with Crippen LogP contribution in [0.3, 0.4) is 0 Å².